The van der Waals surface area contributed by atoms with Gasteiger partial charge in [0.25, 0.3) is 0 Å². The van der Waals surface area contributed by atoms with Gasteiger partial charge in [-0.2, -0.15) is 0 Å². The Morgan fingerprint density at radius 3 is 2.20 bits per heavy atom. The number of amides is 1. The van der Waals surface area contributed by atoms with E-state index in [4.69, 9.17) is 23.2 Å². The highest BCUT2D eigenvalue weighted by atomic mass is 35.5. The summed E-state index contributed by atoms with van der Waals surface area (Å²) in [4.78, 5) is 16.6. The largest absolute Gasteiger partial charge is 0.326 e. The molecule has 164 valence electrons. The average Bonchev–Trinajstić information content (AvgIpc) is 3.00. The van der Waals surface area contributed by atoms with Gasteiger partial charge in [0.2, 0.25) is 15.9 Å². The van der Waals surface area contributed by atoms with Gasteiger partial charge >= 0.3 is 0 Å². The second-order valence-electron chi connectivity index (χ2n) is 8.51. The molecule has 1 fully saturated rings. The average molecular weight is 473 g/mol. The first kappa shape index (κ1) is 23.1. The van der Waals surface area contributed by atoms with Crippen LogP contribution in [-0.4, -0.2) is 34.7 Å². The van der Waals surface area contributed by atoms with E-state index in [-0.39, 0.29) is 23.0 Å². The molecule has 2 aromatic rings. The van der Waals surface area contributed by atoms with Crippen molar-refractivity contribution in [1.29, 1.82) is 0 Å². The van der Waals surface area contributed by atoms with E-state index in [2.05, 4.69) is 15.0 Å². The number of rotatable bonds is 5. The number of imidazole rings is 1. The molecule has 1 aliphatic rings. The Balaban J connectivity index is 1.54. The zero-order chi connectivity index (χ0) is 22.1. The molecule has 0 spiro atoms. The quantitative estimate of drug-likeness (QED) is 0.674. The molecule has 1 saturated carbocycles. The van der Waals surface area contributed by atoms with E-state index in [1.165, 1.54) is 6.33 Å². The van der Waals surface area contributed by atoms with Crippen LogP contribution in [0.4, 0.5) is 5.69 Å². The van der Waals surface area contributed by atoms with Gasteiger partial charge in [0.15, 0.2) is 10.3 Å². The fourth-order valence-corrected chi connectivity index (χ4v) is 4.66. The van der Waals surface area contributed by atoms with E-state index in [1.807, 2.05) is 12.1 Å². The van der Waals surface area contributed by atoms with Crippen molar-refractivity contribution in [1.82, 2.24) is 14.3 Å². The molecule has 0 unspecified atom stereocenters. The molecule has 1 heterocycles. The lowest BCUT2D eigenvalue weighted by atomic mass is 9.86. The molecular formula is C20H26Cl2N4O3S. The molecule has 0 bridgehead atoms. The molecule has 1 amide bonds. The van der Waals surface area contributed by atoms with Crippen LogP contribution in [-0.2, 0) is 14.8 Å². The second-order valence-corrected chi connectivity index (χ2v) is 11.7. The molecule has 0 aliphatic heterocycles. The normalized spacial score (nSPS) is 20.2. The second kappa shape index (κ2) is 8.86. The van der Waals surface area contributed by atoms with E-state index in [1.54, 1.807) is 37.5 Å². The van der Waals surface area contributed by atoms with E-state index < -0.39 is 14.8 Å². The monoisotopic (exact) mass is 472 g/mol. The summed E-state index contributed by atoms with van der Waals surface area (Å²) in [7, 11) is -3.39. The Morgan fingerprint density at radius 2 is 1.70 bits per heavy atom. The molecule has 0 saturated heterocycles. The van der Waals surface area contributed by atoms with Crippen LogP contribution in [0.2, 0.25) is 10.3 Å². The number of benzene rings is 1. The lowest BCUT2D eigenvalue weighted by Crippen LogP contribution is -2.46. The SMILES string of the molecule is CC(C)(C)S(=O)(=O)N[C@H]1CC[C@H](C(=O)Nc2ccc(-n3cnc(Cl)c3Cl)cc2)CC1. The van der Waals surface area contributed by atoms with Crippen LogP contribution in [0.3, 0.4) is 0 Å². The predicted molar refractivity (Wildman–Crippen MR) is 120 cm³/mol. The minimum absolute atomic E-state index is 0.0522. The minimum atomic E-state index is -3.39. The molecule has 30 heavy (non-hydrogen) atoms. The standard InChI is InChI=1S/C20H26Cl2N4O3S/c1-20(2,3)30(28,29)25-15-6-4-13(5-7-15)19(27)24-14-8-10-16(11-9-14)26-12-23-17(21)18(26)22/h8-13,15,25H,4-7H2,1-3H3,(H,24,27)/t13-,15-. The van der Waals surface area contributed by atoms with Crippen molar-refractivity contribution in [3.05, 3.63) is 40.9 Å². The van der Waals surface area contributed by atoms with E-state index >= 15 is 0 Å². The summed E-state index contributed by atoms with van der Waals surface area (Å²) in [5, 5.41) is 3.49. The lowest BCUT2D eigenvalue weighted by molar-refractivity contribution is -0.120. The van der Waals surface area contributed by atoms with Gasteiger partial charge < -0.3 is 5.32 Å². The summed E-state index contributed by atoms with van der Waals surface area (Å²) in [6.45, 7) is 5.03. The van der Waals surface area contributed by atoms with Gasteiger partial charge in [-0.3, -0.25) is 9.36 Å². The Hall–Kier alpha value is -1.61. The van der Waals surface area contributed by atoms with Crippen molar-refractivity contribution in [2.24, 2.45) is 5.92 Å². The molecule has 1 aliphatic carbocycles. The highest BCUT2D eigenvalue weighted by molar-refractivity contribution is 7.90. The van der Waals surface area contributed by atoms with Crippen LogP contribution in [0.25, 0.3) is 5.69 Å². The number of carbonyl (C=O) groups is 1. The maximum absolute atomic E-state index is 12.6. The molecule has 1 aromatic heterocycles. The number of hydrogen-bond donors (Lipinski definition) is 2. The summed E-state index contributed by atoms with van der Waals surface area (Å²) in [6.07, 6.45) is 4.11. The highest BCUT2D eigenvalue weighted by Crippen LogP contribution is 2.28. The van der Waals surface area contributed by atoms with Crippen molar-refractivity contribution < 1.29 is 13.2 Å². The number of carbonyl (C=O) groups excluding carboxylic acids is 1. The van der Waals surface area contributed by atoms with Gasteiger partial charge in [-0.1, -0.05) is 23.2 Å². The predicted octanol–water partition coefficient (Wildman–Crippen LogP) is 4.39. The van der Waals surface area contributed by atoms with Crippen LogP contribution in [0.15, 0.2) is 30.6 Å². The van der Waals surface area contributed by atoms with Crippen molar-refractivity contribution in [2.75, 3.05) is 5.32 Å². The Kier molecular flexibility index (Phi) is 6.81. The molecule has 0 radical (unpaired) electrons. The number of halogens is 2. The third kappa shape index (κ3) is 5.17. The number of nitrogens with zero attached hydrogens (tertiary/aromatic N) is 2. The van der Waals surface area contributed by atoms with Crippen molar-refractivity contribution in [2.45, 2.75) is 57.2 Å². The number of hydrogen-bond acceptors (Lipinski definition) is 4. The summed E-state index contributed by atoms with van der Waals surface area (Å²) in [5.41, 5.74) is 1.46. The summed E-state index contributed by atoms with van der Waals surface area (Å²) in [5.74, 6) is -0.189. The van der Waals surface area contributed by atoms with Gasteiger partial charge in [0, 0.05) is 23.3 Å². The third-order valence-corrected chi connectivity index (χ3v) is 8.30. The van der Waals surface area contributed by atoms with Crippen LogP contribution >= 0.6 is 23.2 Å². The molecular weight excluding hydrogens is 447 g/mol. The van der Waals surface area contributed by atoms with E-state index in [9.17, 15) is 13.2 Å². The summed E-state index contributed by atoms with van der Waals surface area (Å²) < 4.78 is 28.2. The fraction of sp³-hybridized carbons (Fsp3) is 0.500. The van der Waals surface area contributed by atoms with Gasteiger partial charge in [0.1, 0.15) is 6.33 Å². The zero-order valence-electron chi connectivity index (χ0n) is 17.2. The molecule has 7 nitrogen and oxygen atoms in total. The van der Waals surface area contributed by atoms with Gasteiger partial charge in [-0.25, -0.2) is 18.1 Å². The summed E-state index contributed by atoms with van der Waals surface area (Å²) in [6, 6.07) is 7.10. The Morgan fingerprint density at radius 1 is 1.10 bits per heavy atom. The number of aromatic nitrogens is 2. The number of sulfonamides is 1. The minimum Gasteiger partial charge on any atom is -0.326 e. The Labute approximate surface area is 187 Å². The van der Waals surface area contributed by atoms with Crippen molar-refractivity contribution in [3.8, 4) is 5.69 Å². The van der Waals surface area contributed by atoms with Crippen LogP contribution in [0.5, 0.6) is 0 Å². The van der Waals surface area contributed by atoms with E-state index in [0.717, 1.165) is 5.69 Å². The van der Waals surface area contributed by atoms with Crippen LogP contribution in [0.1, 0.15) is 46.5 Å². The lowest BCUT2D eigenvalue weighted by Gasteiger charge is -2.30. The maximum atomic E-state index is 12.6. The molecule has 3 rings (SSSR count). The van der Waals surface area contributed by atoms with Gasteiger partial charge in [-0.15, -0.1) is 0 Å². The first-order valence-corrected chi connectivity index (χ1v) is 12.0. The van der Waals surface area contributed by atoms with Crippen LogP contribution in [0, 0.1) is 5.92 Å². The first-order chi connectivity index (χ1) is 14.0. The molecule has 0 atom stereocenters. The zero-order valence-corrected chi connectivity index (χ0v) is 19.5. The summed E-state index contributed by atoms with van der Waals surface area (Å²) >= 11 is 12.0. The highest BCUT2D eigenvalue weighted by Gasteiger charge is 2.34. The smallest absolute Gasteiger partial charge is 0.227 e. The van der Waals surface area contributed by atoms with Crippen LogP contribution < -0.4 is 10.0 Å². The fourth-order valence-electron chi connectivity index (χ4n) is 3.31. The molecule has 10 heteroatoms. The number of anilines is 1. The molecule has 1 aromatic carbocycles. The van der Waals surface area contributed by atoms with Crippen molar-refractivity contribution in [3.63, 3.8) is 0 Å². The Bertz CT molecular complexity index is 1010. The molecule has 2 N–H and O–H groups in total. The van der Waals surface area contributed by atoms with E-state index in [0.29, 0.717) is 36.5 Å². The number of nitrogens with one attached hydrogen (secondary N) is 2. The third-order valence-electron chi connectivity index (χ3n) is 5.31. The van der Waals surface area contributed by atoms with Gasteiger partial charge in [-0.05, 0) is 70.7 Å². The van der Waals surface area contributed by atoms with Crippen molar-refractivity contribution >= 4 is 44.8 Å². The first-order valence-electron chi connectivity index (χ1n) is 9.79. The van der Waals surface area contributed by atoms with Gasteiger partial charge in [0.05, 0.1) is 4.75 Å². The maximum Gasteiger partial charge on any atom is 0.227 e. The topological polar surface area (TPSA) is 93.1 Å².